The van der Waals surface area contributed by atoms with Gasteiger partial charge in [0, 0.05) is 12.2 Å². The Labute approximate surface area is 135 Å². The van der Waals surface area contributed by atoms with Gasteiger partial charge in [0.05, 0.1) is 5.41 Å². The zero-order valence-electron chi connectivity index (χ0n) is 13.1. The molecule has 1 aromatic rings. The number of ether oxygens (including phenoxy) is 1. The minimum absolute atomic E-state index is 0.109. The third-order valence-corrected chi connectivity index (χ3v) is 4.98. The van der Waals surface area contributed by atoms with Gasteiger partial charge in [-0.2, -0.15) is 0 Å². The van der Waals surface area contributed by atoms with E-state index in [0.717, 1.165) is 38.0 Å². The Bertz CT molecular complexity index is 587. The first-order valence-electron chi connectivity index (χ1n) is 8.13. The summed E-state index contributed by atoms with van der Waals surface area (Å²) in [6, 6.07) is 7.01. The number of primary amides is 1. The second-order valence-electron chi connectivity index (χ2n) is 6.46. The molecule has 1 saturated heterocycles. The fraction of sp³-hybridized carbons (Fsp3) is 0.529. The molecule has 3 rings (SSSR count). The van der Waals surface area contributed by atoms with E-state index in [9.17, 15) is 9.59 Å². The quantitative estimate of drug-likeness (QED) is 0.762. The Morgan fingerprint density at radius 2 is 2.09 bits per heavy atom. The molecule has 1 heterocycles. The number of fused-ring (bicyclic) bond motifs is 1. The van der Waals surface area contributed by atoms with Gasteiger partial charge >= 0.3 is 0 Å². The van der Waals surface area contributed by atoms with Gasteiger partial charge in [-0.05, 0) is 49.6 Å². The molecule has 0 radical (unpaired) electrons. The van der Waals surface area contributed by atoms with Crippen molar-refractivity contribution in [2.45, 2.75) is 25.7 Å². The summed E-state index contributed by atoms with van der Waals surface area (Å²) in [7, 11) is 0. The van der Waals surface area contributed by atoms with Crippen molar-refractivity contribution in [1.29, 1.82) is 0 Å². The first-order chi connectivity index (χ1) is 11.1. The number of carbonyl (C=O) groups is 2. The smallest absolute Gasteiger partial charge is 0.255 e. The van der Waals surface area contributed by atoms with Crippen molar-refractivity contribution in [3.63, 3.8) is 0 Å². The number of anilines is 1. The average Bonchev–Trinajstić information content (AvgIpc) is 2.99. The molecule has 0 aromatic heterocycles. The monoisotopic (exact) mass is 317 g/mol. The number of amides is 2. The van der Waals surface area contributed by atoms with Gasteiger partial charge in [-0.1, -0.05) is 12.8 Å². The van der Waals surface area contributed by atoms with Crippen LogP contribution in [0.3, 0.4) is 0 Å². The third-order valence-electron chi connectivity index (χ3n) is 4.98. The van der Waals surface area contributed by atoms with Crippen LogP contribution in [-0.4, -0.2) is 31.5 Å². The summed E-state index contributed by atoms with van der Waals surface area (Å²) in [5.74, 6) is 0.587. The molecule has 1 aliphatic heterocycles. The number of nitrogens with two attached hydrogens (primary N) is 1. The Hall–Kier alpha value is -2.08. The highest BCUT2D eigenvalue weighted by Gasteiger charge is 2.49. The summed E-state index contributed by atoms with van der Waals surface area (Å²) >= 11 is 0. The van der Waals surface area contributed by atoms with Crippen molar-refractivity contribution >= 4 is 17.5 Å². The highest BCUT2D eigenvalue weighted by Crippen LogP contribution is 2.44. The first-order valence-corrected chi connectivity index (χ1v) is 8.13. The highest BCUT2D eigenvalue weighted by molar-refractivity contribution is 5.96. The number of hydrogen-bond acceptors (Lipinski definition) is 4. The first kappa shape index (κ1) is 15.8. The topological polar surface area (TPSA) is 93.5 Å². The van der Waals surface area contributed by atoms with Gasteiger partial charge in [0.15, 0.2) is 6.61 Å². The van der Waals surface area contributed by atoms with E-state index >= 15 is 0 Å². The lowest BCUT2D eigenvalue weighted by Crippen LogP contribution is -2.44. The molecule has 0 bridgehead atoms. The van der Waals surface area contributed by atoms with E-state index in [1.54, 1.807) is 24.3 Å². The number of rotatable bonds is 5. The zero-order valence-corrected chi connectivity index (χ0v) is 13.1. The molecule has 2 atom stereocenters. The highest BCUT2D eigenvalue weighted by atomic mass is 16.5. The standard InChI is InChI=1S/C17H23N3O3/c18-15(21)10-23-14-6-4-13(5-7-14)20-16(22)17-8-2-1-3-12(17)9-19-11-17/h4-7,12,19H,1-3,8-11H2,(H2,18,21)(H,20,22)/t12-,17+/m0/s1. The fourth-order valence-corrected chi connectivity index (χ4v) is 3.73. The van der Waals surface area contributed by atoms with Gasteiger partial charge in [-0.3, -0.25) is 9.59 Å². The number of hydrogen-bond donors (Lipinski definition) is 3. The number of benzene rings is 1. The van der Waals surface area contributed by atoms with Gasteiger partial charge in [-0.25, -0.2) is 0 Å². The predicted molar refractivity (Wildman–Crippen MR) is 87.0 cm³/mol. The van der Waals surface area contributed by atoms with Crippen molar-refractivity contribution in [3.05, 3.63) is 24.3 Å². The van der Waals surface area contributed by atoms with Crippen LogP contribution in [-0.2, 0) is 9.59 Å². The lowest BCUT2D eigenvalue weighted by atomic mass is 9.67. The summed E-state index contributed by atoms with van der Waals surface area (Å²) < 4.78 is 5.21. The van der Waals surface area contributed by atoms with Crippen molar-refractivity contribution in [1.82, 2.24) is 5.32 Å². The molecule has 0 unspecified atom stereocenters. The summed E-state index contributed by atoms with van der Waals surface area (Å²) in [5, 5.41) is 6.42. The largest absolute Gasteiger partial charge is 0.484 e. The Morgan fingerprint density at radius 3 is 2.83 bits per heavy atom. The van der Waals surface area contributed by atoms with Gasteiger partial charge in [0.2, 0.25) is 5.91 Å². The second kappa shape index (κ2) is 6.58. The lowest BCUT2D eigenvalue weighted by Gasteiger charge is -2.37. The van der Waals surface area contributed by atoms with Crippen LogP contribution in [0.2, 0.25) is 0 Å². The van der Waals surface area contributed by atoms with Gasteiger partial charge in [0.1, 0.15) is 5.75 Å². The van der Waals surface area contributed by atoms with Crippen LogP contribution in [0.4, 0.5) is 5.69 Å². The zero-order chi connectivity index (χ0) is 16.3. The molecule has 6 nitrogen and oxygen atoms in total. The van der Waals surface area contributed by atoms with Crippen molar-refractivity contribution in [3.8, 4) is 5.75 Å². The SMILES string of the molecule is NC(=O)COc1ccc(NC(=O)[C@@]23CCCC[C@H]2CNC3)cc1. The van der Waals surface area contributed by atoms with E-state index in [4.69, 9.17) is 10.5 Å². The molecule has 6 heteroatoms. The van der Waals surface area contributed by atoms with Crippen molar-refractivity contribution in [2.24, 2.45) is 17.1 Å². The summed E-state index contributed by atoms with van der Waals surface area (Å²) in [5.41, 5.74) is 5.52. The average molecular weight is 317 g/mol. The lowest BCUT2D eigenvalue weighted by molar-refractivity contribution is -0.128. The second-order valence-corrected chi connectivity index (χ2v) is 6.46. The fourth-order valence-electron chi connectivity index (χ4n) is 3.73. The minimum Gasteiger partial charge on any atom is -0.484 e. The Kier molecular flexibility index (Phi) is 4.52. The van der Waals surface area contributed by atoms with E-state index < -0.39 is 5.91 Å². The molecule has 1 aromatic carbocycles. The molecular weight excluding hydrogens is 294 g/mol. The molecule has 4 N–H and O–H groups in total. The summed E-state index contributed by atoms with van der Waals surface area (Å²) in [4.78, 5) is 23.5. The maximum absolute atomic E-state index is 12.8. The van der Waals surface area contributed by atoms with Gasteiger partial charge < -0.3 is 21.1 Å². The molecule has 1 saturated carbocycles. The van der Waals surface area contributed by atoms with Crippen LogP contribution in [0.15, 0.2) is 24.3 Å². The number of nitrogens with one attached hydrogen (secondary N) is 2. The molecule has 23 heavy (non-hydrogen) atoms. The number of carbonyl (C=O) groups excluding carboxylic acids is 2. The van der Waals surface area contributed by atoms with Crippen LogP contribution >= 0.6 is 0 Å². The molecular formula is C17H23N3O3. The van der Waals surface area contributed by atoms with E-state index in [-0.39, 0.29) is 17.9 Å². The van der Waals surface area contributed by atoms with E-state index in [2.05, 4.69) is 10.6 Å². The van der Waals surface area contributed by atoms with Crippen molar-refractivity contribution < 1.29 is 14.3 Å². The minimum atomic E-state index is -0.515. The molecule has 2 aliphatic rings. The van der Waals surface area contributed by atoms with E-state index in [1.807, 2.05) is 0 Å². The molecule has 124 valence electrons. The van der Waals surface area contributed by atoms with Gasteiger partial charge in [0.25, 0.3) is 5.91 Å². The van der Waals surface area contributed by atoms with E-state index in [1.165, 1.54) is 6.42 Å². The normalized spacial score (nSPS) is 26.3. The molecule has 1 aliphatic carbocycles. The Balaban J connectivity index is 1.64. The molecule has 2 amide bonds. The van der Waals surface area contributed by atoms with Gasteiger partial charge in [-0.15, -0.1) is 0 Å². The van der Waals surface area contributed by atoms with Crippen LogP contribution < -0.4 is 21.1 Å². The maximum atomic E-state index is 12.8. The van der Waals surface area contributed by atoms with E-state index in [0.29, 0.717) is 11.7 Å². The Morgan fingerprint density at radius 1 is 1.30 bits per heavy atom. The third kappa shape index (κ3) is 3.32. The van der Waals surface area contributed by atoms with Crippen LogP contribution in [0, 0.1) is 11.3 Å². The van der Waals surface area contributed by atoms with Crippen LogP contribution in [0.25, 0.3) is 0 Å². The summed E-state index contributed by atoms with van der Waals surface area (Å²) in [6.07, 6.45) is 4.41. The summed E-state index contributed by atoms with van der Waals surface area (Å²) in [6.45, 7) is 1.55. The van der Waals surface area contributed by atoms with Crippen LogP contribution in [0.1, 0.15) is 25.7 Å². The molecule has 0 spiro atoms. The van der Waals surface area contributed by atoms with Crippen LogP contribution in [0.5, 0.6) is 5.75 Å². The maximum Gasteiger partial charge on any atom is 0.255 e. The predicted octanol–water partition coefficient (Wildman–Crippen LogP) is 1.27. The van der Waals surface area contributed by atoms with Crippen molar-refractivity contribution in [2.75, 3.05) is 25.0 Å². The molecule has 2 fully saturated rings.